The average Bonchev–Trinajstić information content (AvgIpc) is 2.62. The first-order valence-electron chi connectivity index (χ1n) is 10.5. The molecule has 0 bridgehead atoms. The van der Waals surface area contributed by atoms with Crippen molar-refractivity contribution < 1.29 is 14.7 Å². The van der Waals surface area contributed by atoms with E-state index in [0.717, 1.165) is 25.7 Å². The Kier molecular flexibility index (Phi) is 22.1. The standard InChI is InChI=1S/C21H40N2O3.ClH/c1-2-3-4-5-6-7-8-9-10-11-12-13-14-15-16-17-20(24)23-19(18-22)21(25)26;/h9-10,19H,2-8,11-18,22H2,1H3,(H,23,24)(H,25,26);1H/b10-9-;/t19-;/m0./s1. The Balaban J connectivity index is 0. The molecule has 0 unspecified atom stereocenters. The van der Waals surface area contributed by atoms with Gasteiger partial charge in [0.1, 0.15) is 6.04 Å². The van der Waals surface area contributed by atoms with E-state index in [1.165, 1.54) is 57.8 Å². The fourth-order valence-corrected chi connectivity index (χ4v) is 2.84. The first kappa shape index (κ1) is 28.1. The van der Waals surface area contributed by atoms with Gasteiger partial charge < -0.3 is 16.2 Å². The van der Waals surface area contributed by atoms with Crippen LogP contribution in [-0.2, 0) is 9.59 Å². The number of hydrogen-bond acceptors (Lipinski definition) is 3. The number of hydrogen-bond donors (Lipinski definition) is 3. The van der Waals surface area contributed by atoms with Gasteiger partial charge in [0.2, 0.25) is 5.91 Å². The van der Waals surface area contributed by atoms with Gasteiger partial charge in [-0.25, -0.2) is 4.79 Å². The molecule has 0 fully saturated rings. The number of rotatable bonds is 18. The summed E-state index contributed by atoms with van der Waals surface area (Å²) in [7, 11) is 0. The summed E-state index contributed by atoms with van der Waals surface area (Å²) in [4.78, 5) is 22.4. The number of unbranched alkanes of at least 4 members (excludes halogenated alkanes) is 11. The zero-order chi connectivity index (χ0) is 19.5. The van der Waals surface area contributed by atoms with E-state index >= 15 is 0 Å². The lowest BCUT2D eigenvalue weighted by Crippen LogP contribution is -2.45. The number of carboxylic acids is 1. The molecule has 27 heavy (non-hydrogen) atoms. The summed E-state index contributed by atoms with van der Waals surface area (Å²) in [5, 5.41) is 11.3. The Hall–Kier alpha value is -1.07. The third kappa shape index (κ3) is 19.5. The van der Waals surface area contributed by atoms with Crippen LogP contribution in [0.25, 0.3) is 0 Å². The van der Waals surface area contributed by atoms with E-state index in [2.05, 4.69) is 24.4 Å². The normalized spacial score (nSPS) is 11.9. The number of amides is 1. The van der Waals surface area contributed by atoms with Crippen LogP contribution in [0, 0.1) is 0 Å². The Morgan fingerprint density at radius 3 is 1.85 bits per heavy atom. The highest BCUT2D eigenvalue weighted by atomic mass is 35.5. The maximum Gasteiger partial charge on any atom is 0.327 e. The van der Waals surface area contributed by atoms with E-state index in [-0.39, 0.29) is 24.9 Å². The highest BCUT2D eigenvalue weighted by Crippen LogP contribution is 2.10. The molecular formula is C21H41ClN2O3. The van der Waals surface area contributed by atoms with Crippen molar-refractivity contribution in [3.63, 3.8) is 0 Å². The molecule has 0 aliphatic heterocycles. The van der Waals surface area contributed by atoms with Crippen molar-refractivity contribution in [2.75, 3.05) is 6.54 Å². The van der Waals surface area contributed by atoms with E-state index in [0.29, 0.717) is 6.42 Å². The van der Waals surface area contributed by atoms with Gasteiger partial charge in [0, 0.05) is 13.0 Å². The molecule has 0 aromatic rings. The molecule has 0 aliphatic rings. The van der Waals surface area contributed by atoms with Gasteiger partial charge >= 0.3 is 5.97 Å². The highest BCUT2D eigenvalue weighted by Gasteiger charge is 2.17. The smallest absolute Gasteiger partial charge is 0.327 e. The second kappa shape index (κ2) is 21.2. The van der Waals surface area contributed by atoms with Gasteiger partial charge in [-0.1, -0.05) is 70.4 Å². The Bertz CT molecular complexity index is 390. The van der Waals surface area contributed by atoms with Gasteiger partial charge in [0.05, 0.1) is 0 Å². The zero-order valence-electron chi connectivity index (χ0n) is 17.1. The molecule has 0 rings (SSSR count). The number of halogens is 1. The molecule has 0 aliphatic carbocycles. The topological polar surface area (TPSA) is 92.4 Å². The van der Waals surface area contributed by atoms with Gasteiger partial charge in [-0.3, -0.25) is 4.79 Å². The minimum atomic E-state index is -1.08. The lowest BCUT2D eigenvalue weighted by molar-refractivity contribution is -0.141. The molecule has 1 amide bonds. The summed E-state index contributed by atoms with van der Waals surface area (Å²) >= 11 is 0. The van der Waals surface area contributed by atoms with Crippen LogP contribution in [0.15, 0.2) is 12.2 Å². The van der Waals surface area contributed by atoms with Crippen LogP contribution in [-0.4, -0.2) is 29.6 Å². The monoisotopic (exact) mass is 404 g/mol. The van der Waals surface area contributed by atoms with Crippen LogP contribution < -0.4 is 11.1 Å². The maximum absolute atomic E-state index is 11.6. The minimum absolute atomic E-state index is 0. The minimum Gasteiger partial charge on any atom is -0.480 e. The molecule has 6 heteroatoms. The van der Waals surface area contributed by atoms with Crippen molar-refractivity contribution in [2.45, 2.75) is 103 Å². The van der Waals surface area contributed by atoms with Gasteiger partial charge in [-0.05, 0) is 32.1 Å². The summed E-state index contributed by atoms with van der Waals surface area (Å²) in [5.41, 5.74) is 5.31. The van der Waals surface area contributed by atoms with Gasteiger partial charge in [-0.2, -0.15) is 0 Å². The van der Waals surface area contributed by atoms with Crippen molar-refractivity contribution >= 4 is 24.3 Å². The molecule has 0 saturated carbocycles. The third-order valence-corrected chi connectivity index (χ3v) is 4.53. The summed E-state index contributed by atoms with van der Waals surface area (Å²) in [6.07, 6.45) is 20.8. The first-order chi connectivity index (χ1) is 12.6. The second-order valence-corrected chi connectivity index (χ2v) is 7.03. The van der Waals surface area contributed by atoms with Crippen molar-refractivity contribution in [3.05, 3.63) is 12.2 Å². The van der Waals surface area contributed by atoms with E-state index in [1.54, 1.807) is 0 Å². The number of carbonyl (C=O) groups excluding carboxylic acids is 1. The van der Waals surface area contributed by atoms with E-state index in [1.807, 2.05) is 0 Å². The van der Waals surface area contributed by atoms with Gasteiger partial charge in [0.15, 0.2) is 0 Å². The molecule has 0 aromatic carbocycles. The summed E-state index contributed by atoms with van der Waals surface area (Å²) in [6, 6.07) is -0.967. The van der Waals surface area contributed by atoms with Gasteiger partial charge in [0.25, 0.3) is 0 Å². The third-order valence-electron chi connectivity index (χ3n) is 4.53. The molecule has 5 nitrogen and oxygen atoms in total. The lowest BCUT2D eigenvalue weighted by Gasteiger charge is -2.11. The van der Waals surface area contributed by atoms with Crippen LogP contribution in [0.3, 0.4) is 0 Å². The maximum atomic E-state index is 11.6. The fraction of sp³-hybridized carbons (Fsp3) is 0.810. The van der Waals surface area contributed by atoms with Crippen LogP contribution in [0.2, 0.25) is 0 Å². The predicted octanol–water partition coefficient (Wildman–Crippen LogP) is 4.97. The molecule has 0 spiro atoms. The molecule has 160 valence electrons. The Morgan fingerprint density at radius 1 is 0.889 bits per heavy atom. The highest BCUT2D eigenvalue weighted by molar-refractivity contribution is 5.85. The molecule has 0 radical (unpaired) electrons. The number of allylic oxidation sites excluding steroid dienone is 2. The molecule has 4 N–H and O–H groups in total. The number of carboxylic acid groups (broad SMARTS) is 1. The molecule has 1 atom stereocenters. The second-order valence-electron chi connectivity index (χ2n) is 7.03. The van der Waals surface area contributed by atoms with Crippen LogP contribution in [0.4, 0.5) is 0 Å². The number of nitrogens with two attached hydrogens (primary N) is 1. The molecule has 0 aromatic heterocycles. The van der Waals surface area contributed by atoms with E-state index in [4.69, 9.17) is 10.8 Å². The molecule has 0 saturated heterocycles. The quantitative estimate of drug-likeness (QED) is 0.222. The van der Waals surface area contributed by atoms with E-state index in [9.17, 15) is 9.59 Å². The lowest BCUT2D eigenvalue weighted by atomic mass is 10.1. The van der Waals surface area contributed by atoms with Gasteiger partial charge in [-0.15, -0.1) is 12.4 Å². The Labute approximate surface area is 172 Å². The van der Waals surface area contributed by atoms with Crippen molar-refractivity contribution in [1.82, 2.24) is 5.32 Å². The average molecular weight is 405 g/mol. The summed E-state index contributed by atoms with van der Waals surface area (Å²) < 4.78 is 0. The van der Waals surface area contributed by atoms with Crippen LogP contribution >= 0.6 is 12.4 Å². The fourth-order valence-electron chi connectivity index (χ4n) is 2.84. The largest absolute Gasteiger partial charge is 0.480 e. The molecular weight excluding hydrogens is 364 g/mol. The van der Waals surface area contributed by atoms with Crippen LogP contribution in [0.1, 0.15) is 96.8 Å². The van der Waals surface area contributed by atoms with Crippen molar-refractivity contribution in [1.29, 1.82) is 0 Å². The summed E-state index contributed by atoms with van der Waals surface area (Å²) in [6.45, 7) is 2.17. The SMILES string of the molecule is CCCCCCCC/C=C\CCCCCCCC(=O)N[C@@H](CN)C(=O)O.Cl. The predicted molar refractivity (Wildman–Crippen MR) is 115 cm³/mol. The van der Waals surface area contributed by atoms with Crippen LogP contribution in [0.5, 0.6) is 0 Å². The first-order valence-corrected chi connectivity index (χ1v) is 10.5. The van der Waals surface area contributed by atoms with Crippen molar-refractivity contribution in [3.8, 4) is 0 Å². The molecule has 0 heterocycles. The zero-order valence-corrected chi connectivity index (χ0v) is 17.9. The van der Waals surface area contributed by atoms with E-state index < -0.39 is 12.0 Å². The summed E-state index contributed by atoms with van der Waals surface area (Å²) in [5.74, 6) is -1.30. The van der Waals surface area contributed by atoms with Crippen molar-refractivity contribution in [2.24, 2.45) is 5.73 Å². The Morgan fingerprint density at radius 2 is 1.37 bits per heavy atom. The number of carbonyl (C=O) groups is 2. The number of aliphatic carboxylic acids is 1. The number of nitrogens with one attached hydrogen (secondary N) is 1.